The minimum absolute atomic E-state index is 0.220. The zero-order valence-corrected chi connectivity index (χ0v) is 15.1. The lowest BCUT2D eigenvalue weighted by Gasteiger charge is -2.12. The fourth-order valence-corrected chi connectivity index (χ4v) is 4.42. The van der Waals surface area contributed by atoms with E-state index in [-0.39, 0.29) is 4.90 Å². The van der Waals surface area contributed by atoms with Crippen LogP contribution in [-0.4, -0.2) is 25.3 Å². The predicted molar refractivity (Wildman–Crippen MR) is 93.0 cm³/mol. The van der Waals surface area contributed by atoms with Crippen molar-refractivity contribution in [3.8, 4) is 5.75 Å². The molecule has 1 aromatic carbocycles. The standard InChI is InChI=1S/C17H23N3O3S/c1-12-8-9-16(23-3)15(10-12)19-24(21,22)17-11-20(18-13(17)2)14-6-4-5-7-14/h8-11,14,19H,4-7H2,1-3H3. The second-order valence-corrected chi connectivity index (χ2v) is 7.96. The van der Waals surface area contributed by atoms with Crippen LogP contribution in [0.25, 0.3) is 0 Å². The smallest absolute Gasteiger partial charge is 0.265 e. The van der Waals surface area contributed by atoms with Crippen LogP contribution in [0, 0.1) is 13.8 Å². The molecule has 1 saturated carbocycles. The number of nitrogens with one attached hydrogen (secondary N) is 1. The highest BCUT2D eigenvalue weighted by atomic mass is 32.2. The third-order valence-electron chi connectivity index (χ3n) is 4.46. The summed E-state index contributed by atoms with van der Waals surface area (Å²) in [5.41, 5.74) is 1.90. The molecule has 0 atom stereocenters. The van der Waals surface area contributed by atoms with E-state index in [9.17, 15) is 8.42 Å². The Morgan fingerprint density at radius 1 is 1.25 bits per heavy atom. The number of nitrogens with zero attached hydrogens (tertiary/aromatic N) is 2. The maximum absolute atomic E-state index is 12.8. The van der Waals surface area contributed by atoms with Crippen molar-refractivity contribution in [1.82, 2.24) is 9.78 Å². The van der Waals surface area contributed by atoms with Gasteiger partial charge in [-0.1, -0.05) is 18.9 Å². The van der Waals surface area contributed by atoms with Gasteiger partial charge in [-0.3, -0.25) is 9.40 Å². The summed E-state index contributed by atoms with van der Waals surface area (Å²) in [5, 5.41) is 4.43. The summed E-state index contributed by atoms with van der Waals surface area (Å²) in [4.78, 5) is 0.220. The third kappa shape index (κ3) is 3.26. The number of benzene rings is 1. The number of ether oxygens (including phenoxy) is 1. The first-order valence-corrected chi connectivity index (χ1v) is 9.62. The molecule has 6 nitrogen and oxygen atoms in total. The predicted octanol–water partition coefficient (Wildman–Crippen LogP) is 3.42. The number of sulfonamides is 1. The lowest BCUT2D eigenvalue weighted by molar-refractivity contribution is 0.417. The average molecular weight is 349 g/mol. The molecule has 2 aromatic rings. The molecule has 7 heteroatoms. The van der Waals surface area contributed by atoms with Gasteiger partial charge >= 0.3 is 0 Å². The minimum atomic E-state index is -3.72. The van der Waals surface area contributed by atoms with Crippen LogP contribution in [0.2, 0.25) is 0 Å². The molecule has 3 rings (SSSR count). The van der Waals surface area contributed by atoms with Crippen molar-refractivity contribution in [1.29, 1.82) is 0 Å². The van der Waals surface area contributed by atoms with Crippen LogP contribution in [0.1, 0.15) is 43.0 Å². The Morgan fingerprint density at radius 3 is 2.62 bits per heavy atom. The van der Waals surface area contributed by atoms with Gasteiger partial charge in [0, 0.05) is 6.20 Å². The Morgan fingerprint density at radius 2 is 1.96 bits per heavy atom. The second-order valence-electron chi connectivity index (χ2n) is 6.31. The summed E-state index contributed by atoms with van der Waals surface area (Å²) in [6.07, 6.45) is 6.10. The molecule has 0 bridgehead atoms. The van der Waals surface area contributed by atoms with E-state index in [1.54, 1.807) is 25.3 Å². The van der Waals surface area contributed by atoms with E-state index in [0.717, 1.165) is 18.4 Å². The highest BCUT2D eigenvalue weighted by Gasteiger charge is 2.25. The Kier molecular flexibility index (Phi) is 4.54. The lowest BCUT2D eigenvalue weighted by Crippen LogP contribution is -2.14. The number of methoxy groups -OCH3 is 1. The molecule has 130 valence electrons. The summed E-state index contributed by atoms with van der Waals surface area (Å²) >= 11 is 0. The first kappa shape index (κ1) is 16.8. The van der Waals surface area contributed by atoms with E-state index in [1.165, 1.54) is 20.0 Å². The van der Waals surface area contributed by atoms with E-state index in [2.05, 4.69) is 9.82 Å². The van der Waals surface area contributed by atoms with E-state index in [4.69, 9.17) is 4.74 Å². The van der Waals surface area contributed by atoms with E-state index >= 15 is 0 Å². The largest absolute Gasteiger partial charge is 0.495 e. The first-order valence-electron chi connectivity index (χ1n) is 8.14. The van der Waals surface area contributed by atoms with Gasteiger partial charge in [-0.05, 0) is 44.4 Å². The third-order valence-corrected chi connectivity index (χ3v) is 5.93. The number of hydrogen-bond acceptors (Lipinski definition) is 4. The number of anilines is 1. The van der Waals surface area contributed by atoms with Crippen LogP contribution in [0.5, 0.6) is 5.75 Å². The lowest BCUT2D eigenvalue weighted by atomic mass is 10.2. The van der Waals surface area contributed by atoms with E-state index < -0.39 is 10.0 Å². The molecule has 0 spiro atoms. The SMILES string of the molecule is COc1ccc(C)cc1NS(=O)(=O)c1cn(C2CCCC2)nc1C. The minimum Gasteiger partial charge on any atom is -0.495 e. The molecule has 0 aliphatic heterocycles. The van der Waals surface area contributed by atoms with Gasteiger partial charge in [-0.25, -0.2) is 8.42 Å². The molecule has 0 radical (unpaired) electrons. The molecule has 1 N–H and O–H groups in total. The van der Waals surface area contributed by atoms with Gasteiger partial charge in [0.25, 0.3) is 10.0 Å². The topological polar surface area (TPSA) is 73.2 Å². The highest BCUT2D eigenvalue weighted by molar-refractivity contribution is 7.92. The summed E-state index contributed by atoms with van der Waals surface area (Å²) < 4.78 is 35.3. The Balaban J connectivity index is 1.92. The van der Waals surface area contributed by atoms with Gasteiger partial charge < -0.3 is 4.74 Å². The van der Waals surface area contributed by atoms with E-state index in [1.807, 2.05) is 17.7 Å². The van der Waals surface area contributed by atoms with Gasteiger partial charge in [-0.15, -0.1) is 0 Å². The van der Waals surface area contributed by atoms with Crippen molar-refractivity contribution < 1.29 is 13.2 Å². The Labute approximate surface area is 142 Å². The maximum atomic E-state index is 12.8. The number of hydrogen-bond donors (Lipinski definition) is 1. The molecule has 0 saturated heterocycles. The van der Waals surface area contributed by atoms with Crippen LogP contribution in [-0.2, 0) is 10.0 Å². The van der Waals surface area contributed by atoms with Crippen molar-refractivity contribution >= 4 is 15.7 Å². The molecule has 1 aliphatic rings. The summed E-state index contributed by atoms with van der Waals surface area (Å²) in [5.74, 6) is 0.491. The average Bonchev–Trinajstić information content (AvgIpc) is 3.16. The fourth-order valence-electron chi connectivity index (χ4n) is 3.19. The normalized spacial score (nSPS) is 15.6. The number of aromatic nitrogens is 2. The molecular weight excluding hydrogens is 326 g/mol. The van der Waals surface area contributed by atoms with Crippen molar-refractivity contribution in [3.05, 3.63) is 35.7 Å². The highest BCUT2D eigenvalue weighted by Crippen LogP contribution is 2.32. The van der Waals surface area contributed by atoms with Gasteiger partial charge in [0.2, 0.25) is 0 Å². The summed E-state index contributed by atoms with van der Waals surface area (Å²) in [6, 6.07) is 5.69. The monoisotopic (exact) mass is 349 g/mol. The van der Waals surface area contributed by atoms with Crippen LogP contribution in [0.3, 0.4) is 0 Å². The van der Waals surface area contributed by atoms with Crippen LogP contribution in [0.4, 0.5) is 5.69 Å². The second kappa shape index (κ2) is 6.47. The molecule has 1 fully saturated rings. The zero-order valence-electron chi connectivity index (χ0n) is 14.2. The number of aryl methyl sites for hydroxylation is 2. The molecule has 0 amide bonds. The molecule has 1 heterocycles. The maximum Gasteiger partial charge on any atom is 0.265 e. The molecular formula is C17H23N3O3S. The molecule has 24 heavy (non-hydrogen) atoms. The summed E-state index contributed by atoms with van der Waals surface area (Å²) in [7, 11) is -2.20. The van der Waals surface area contributed by atoms with Crippen LogP contribution < -0.4 is 9.46 Å². The number of rotatable bonds is 5. The Hall–Kier alpha value is -2.02. The fraction of sp³-hybridized carbons (Fsp3) is 0.471. The van der Waals surface area contributed by atoms with Crippen molar-refractivity contribution in [3.63, 3.8) is 0 Å². The zero-order chi connectivity index (χ0) is 17.3. The van der Waals surface area contributed by atoms with E-state index in [0.29, 0.717) is 23.2 Å². The van der Waals surface area contributed by atoms with Crippen molar-refractivity contribution in [2.45, 2.75) is 50.5 Å². The van der Waals surface area contributed by atoms with Crippen LogP contribution in [0.15, 0.2) is 29.3 Å². The van der Waals surface area contributed by atoms with Crippen molar-refractivity contribution in [2.75, 3.05) is 11.8 Å². The van der Waals surface area contributed by atoms with Gasteiger partial charge in [-0.2, -0.15) is 5.10 Å². The van der Waals surface area contributed by atoms with Gasteiger partial charge in [0.05, 0.1) is 24.5 Å². The quantitative estimate of drug-likeness (QED) is 0.897. The molecule has 1 aromatic heterocycles. The Bertz CT molecular complexity index is 837. The first-order chi connectivity index (χ1) is 11.4. The molecule has 1 aliphatic carbocycles. The molecule has 0 unspecified atom stereocenters. The summed E-state index contributed by atoms with van der Waals surface area (Å²) in [6.45, 7) is 3.63. The van der Waals surface area contributed by atoms with Crippen molar-refractivity contribution in [2.24, 2.45) is 0 Å². The van der Waals surface area contributed by atoms with Gasteiger partial charge in [0.1, 0.15) is 10.6 Å². The van der Waals surface area contributed by atoms with Crippen LogP contribution >= 0.6 is 0 Å². The van der Waals surface area contributed by atoms with Gasteiger partial charge in [0.15, 0.2) is 0 Å².